The molecule has 0 bridgehead atoms. The van der Waals surface area contributed by atoms with Gasteiger partial charge in [0.15, 0.2) is 6.29 Å². The fraction of sp³-hybridized carbons (Fsp3) is 0.500. The molecule has 1 heterocycles. The van der Waals surface area contributed by atoms with Crippen LogP contribution in [0.4, 0.5) is 0 Å². The van der Waals surface area contributed by atoms with Crippen molar-refractivity contribution in [1.29, 1.82) is 0 Å². The molecule has 1 aliphatic carbocycles. The van der Waals surface area contributed by atoms with Gasteiger partial charge in [0, 0.05) is 5.56 Å². The van der Waals surface area contributed by atoms with E-state index in [1.54, 1.807) is 0 Å². The van der Waals surface area contributed by atoms with Gasteiger partial charge in [-0.1, -0.05) is 30.3 Å². The molecule has 0 N–H and O–H groups in total. The van der Waals surface area contributed by atoms with E-state index in [0.717, 1.165) is 30.6 Å². The van der Waals surface area contributed by atoms with Crippen molar-refractivity contribution in [3.05, 3.63) is 35.9 Å². The summed E-state index contributed by atoms with van der Waals surface area (Å²) < 4.78 is 11.4. The highest BCUT2D eigenvalue weighted by atomic mass is 16.7. The Labute approximate surface area is 83.8 Å². The van der Waals surface area contributed by atoms with Crippen LogP contribution in [0, 0.1) is 11.8 Å². The van der Waals surface area contributed by atoms with Gasteiger partial charge >= 0.3 is 0 Å². The van der Waals surface area contributed by atoms with Gasteiger partial charge in [-0.15, -0.1) is 0 Å². The maximum atomic E-state index is 5.72. The van der Waals surface area contributed by atoms with Crippen molar-refractivity contribution in [3.8, 4) is 0 Å². The van der Waals surface area contributed by atoms with Crippen LogP contribution in [0.25, 0.3) is 0 Å². The lowest BCUT2D eigenvalue weighted by Gasteiger charge is -2.16. The van der Waals surface area contributed by atoms with Gasteiger partial charge in [0.05, 0.1) is 13.2 Å². The van der Waals surface area contributed by atoms with E-state index in [9.17, 15) is 0 Å². The molecule has 2 fully saturated rings. The smallest absolute Gasteiger partial charge is 0.183 e. The van der Waals surface area contributed by atoms with Crippen molar-refractivity contribution in [2.24, 2.45) is 11.8 Å². The first-order valence-electron chi connectivity index (χ1n) is 5.21. The van der Waals surface area contributed by atoms with Crippen molar-refractivity contribution in [3.63, 3.8) is 0 Å². The standard InChI is InChI=1S/C12H14O2/c1-2-4-9(5-3-1)12-13-7-10-6-11(10)8-14-12/h1-5,10-12H,6-8H2/t10-,11+,12?. The summed E-state index contributed by atoms with van der Waals surface area (Å²) in [4.78, 5) is 0. The van der Waals surface area contributed by atoms with E-state index in [-0.39, 0.29) is 6.29 Å². The molecule has 0 amide bonds. The van der Waals surface area contributed by atoms with Crippen LogP contribution < -0.4 is 0 Å². The maximum Gasteiger partial charge on any atom is 0.183 e. The lowest BCUT2D eigenvalue weighted by atomic mass is 10.2. The molecule has 2 aliphatic rings. The minimum atomic E-state index is -0.135. The molecule has 1 aliphatic heterocycles. The molecule has 0 radical (unpaired) electrons. The quantitative estimate of drug-likeness (QED) is 0.676. The first-order valence-corrected chi connectivity index (χ1v) is 5.21. The molecule has 3 atom stereocenters. The van der Waals surface area contributed by atoms with Gasteiger partial charge < -0.3 is 9.47 Å². The van der Waals surface area contributed by atoms with Crippen LogP contribution in [-0.2, 0) is 9.47 Å². The van der Waals surface area contributed by atoms with Crippen LogP contribution in [-0.4, -0.2) is 13.2 Å². The topological polar surface area (TPSA) is 18.5 Å². The molecule has 1 unspecified atom stereocenters. The molecule has 1 saturated carbocycles. The second kappa shape index (κ2) is 3.37. The highest BCUT2D eigenvalue weighted by molar-refractivity contribution is 5.16. The molecule has 14 heavy (non-hydrogen) atoms. The molecule has 0 aromatic heterocycles. The highest BCUT2D eigenvalue weighted by Crippen LogP contribution is 2.43. The van der Waals surface area contributed by atoms with Gasteiger partial charge in [0.25, 0.3) is 0 Å². The van der Waals surface area contributed by atoms with Crippen LogP contribution in [0.3, 0.4) is 0 Å². The number of hydrogen-bond donors (Lipinski definition) is 0. The molecule has 1 aromatic carbocycles. The SMILES string of the molecule is c1ccc(C2OC[C@@H]3C[C@@H]3CO2)cc1. The third-order valence-corrected chi connectivity index (χ3v) is 3.06. The summed E-state index contributed by atoms with van der Waals surface area (Å²) in [7, 11) is 0. The minimum Gasteiger partial charge on any atom is -0.348 e. The van der Waals surface area contributed by atoms with Crippen molar-refractivity contribution in [2.45, 2.75) is 12.7 Å². The second-order valence-corrected chi connectivity index (χ2v) is 4.17. The summed E-state index contributed by atoms with van der Waals surface area (Å²) >= 11 is 0. The molecular weight excluding hydrogens is 176 g/mol. The minimum absolute atomic E-state index is 0.135. The molecule has 1 saturated heterocycles. The summed E-state index contributed by atoms with van der Waals surface area (Å²) in [6.45, 7) is 1.73. The summed E-state index contributed by atoms with van der Waals surface area (Å²) in [5, 5.41) is 0. The Morgan fingerprint density at radius 2 is 1.57 bits per heavy atom. The van der Waals surface area contributed by atoms with Gasteiger partial charge in [0.1, 0.15) is 0 Å². The van der Waals surface area contributed by atoms with Crippen molar-refractivity contribution in [2.75, 3.05) is 13.2 Å². The van der Waals surface area contributed by atoms with Gasteiger partial charge in [-0.05, 0) is 18.3 Å². The zero-order valence-electron chi connectivity index (χ0n) is 8.06. The normalized spacial score (nSPS) is 35.9. The molecule has 2 nitrogen and oxygen atoms in total. The zero-order valence-corrected chi connectivity index (χ0v) is 8.06. The van der Waals surface area contributed by atoms with Gasteiger partial charge in [-0.3, -0.25) is 0 Å². The molecule has 2 heteroatoms. The predicted molar refractivity (Wildman–Crippen MR) is 52.7 cm³/mol. The third kappa shape index (κ3) is 1.56. The molecule has 0 spiro atoms. The number of fused-ring (bicyclic) bond motifs is 1. The number of rotatable bonds is 1. The van der Waals surface area contributed by atoms with Crippen molar-refractivity contribution < 1.29 is 9.47 Å². The van der Waals surface area contributed by atoms with E-state index in [1.807, 2.05) is 18.2 Å². The van der Waals surface area contributed by atoms with E-state index in [0.29, 0.717) is 0 Å². The summed E-state index contributed by atoms with van der Waals surface area (Å²) in [6.07, 6.45) is 1.16. The molecule has 74 valence electrons. The van der Waals surface area contributed by atoms with E-state index >= 15 is 0 Å². The average molecular weight is 190 g/mol. The predicted octanol–water partition coefficient (Wildman–Crippen LogP) is 2.37. The largest absolute Gasteiger partial charge is 0.348 e. The van der Waals surface area contributed by atoms with Crippen LogP contribution in [0.2, 0.25) is 0 Å². The van der Waals surface area contributed by atoms with Crippen LogP contribution >= 0.6 is 0 Å². The van der Waals surface area contributed by atoms with Crippen LogP contribution in [0.15, 0.2) is 30.3 Å². The summed E-state index contributed by atoms with van der Waals surface area (Å²) in [5.41, 5.74) is 1.13. The number of hydrogen-bond acceptors (Lipinski definition) is 2. The van der Waals surface area contributed by atoms with Crippen LogP contribution in [0.1, 0.15) is 18.3 Å². The third-order valence-electron chi connectivity index (χ3n) is 3.06. The fourth-order valence-corrected chi connectivity index (χ4v) is 1.99. The van der Waals surface area contributed by atoms with Crippen molar-refractivity contribution >= 4 is 0 Å². The first kappa shape index (κ1) is 8.45. The summed E-state index contributed by atoms with van der Waals surface area (Å²) in [6, 6.07) is 10.2. The lowest BCUT2D eigenvalue weighted by molar-refractivity contribution is -0.138. The Morgan fingerprint density at radius 1 is 0.929 bits per heavy atom. The van der Waals surface area contributed by atoms with Crippen molar-refractivity contribution in [1.82, 2.24) is 0 Å². The van der Waals surface area contributed by atoms with E-state index in [2.05, 4.69) is 12.1 Å². The van der Waals surface area contributed by atoms with Crippen LogP contribution in [0.5, 0.6) is 0 Å². The molecular formula is C12H14O2. The highest BCUT2D eigenvalue weighted by Gasteiger charge is 2.40. The van der Waals surface area contributed by atoms with E-state index in [4.69, 9.17) is 9.47 Å². The Hall–Kier alpha value is -0.860. The van der Waals surface area contributed by atoms with Gasteiger partial charge in [0.2, 0.25) is 0 Å². The molecule has 1 aromatic rings. The zero-order chi connectivity index (χ0) is 9.38. The summed E-state index contributed by atoms with van der Waals surface area (Å²) in [5.74, 6) is 1.53. The Balaban J connectivity index is 1.73. The fourth-order valence-electron chi connectivity index (χ4n) is 1.99. The van der Waals surface area contributed by atoms with E-state index in [1.165, 1.54) is 6.42 Å². The monoisotopic (exact) mass is 190 g/mol. The Morgan fingerprint density at radius 3 is 2.21 bits per heavy atom. The number of benzene rings is 1. The maximum absolute atomic E-state index is 5.72. The molecule has 3 rings (SSSR count). The van der Waals surface area contributed by atoms with Gasteiger partial charge in [-0.2, -0.15) is 0 Å². The lowest BCUT2D eigenvalue weighted by Crippen LogP contribution is -2.08. The Kier molecular flexibility index (Phi) is 2.03. The first-order chi connectivity index (χ1) is 6.93. The second-order valence-electron chi connectivity index (χ2n) is 4.17. The van der Waals surface area contributed by atoms with E-state index < -0.39 is 0 Å². The van der Waals surface area contributed by atoms with Gasteiger partial charge in [-0.25, -0.2) is 0 Å². The Bertz CT molecular complexity index is 297. The number of ether oxygens (including phenoxy) is 2. The average Bonchev–Trinajstić information content (AvgIpc) is 2.96.